The number of nitrogen functional groups attached to an aromatic ring is 1. The highest BCUT2D eigenvalue weighted by molar-refractivity contribution is 5.96. The van der Waals surface area contributed by atoms with Crippen molar-refractivity contribution in [2.24, 2.45) is 23.5 Å². The van der Waals surface area contributed by atoms with Crippen LogP contribution in [0.15, 0.2) is 109 Å². The molecule has 2 fully saturated rings. The zero-order valence-electron chi connectivity index (χ0n) is 45.2. The number of anilines is 1. The Morgan fingerprint density at radius 1 is 0.696 bits per heavy atom. The number of aliphatic hydroxyl groups excluding tert-OH is 10. The van der Waals surface area contributed by atoms with E-state index in [1.807, 2.05) is 19.9 Å². The van der Waals surface area contributed by atoms with E-state index in [1.54, 1.807) is 97.2 Å². The summed E-state index contributed by atoms with van der Waals surface area (Å²) < 4.78 is 23.7. The summed E-state index contributed by atoms with van der Waals surface area (Å²) >= 11 is 0. The lowest BCUT2D eigenvalue weighted by Gasteiger charge is -2.45. The quantitative estimate of drug-likeness (QED) is 0.0906. The van der Waals surface area contributed by atoms with Crippen LogP contribution < -0.4 is 11.5 Å². The van der Waals surface area contributed by atoms with Gasteiger partial charge in [-0.2, -0.15) is 0 Å². The van der Waals surface area contributed by atoms with Gasteiger partial charge in [-0.3, -0.25) is 14.4 Å². The fraction of sp³-hybridized carbons (Fsp3) is 0.603. The average Bonchev–Trinajstić information content (AvgIpc) is 3.35. The highest BCUT2D eigenvalue weighted by Crippen LogP contribution is 2.38. The van der Waals surface area contributed by atoms with Crippen LogP contribution in [0.4, 0.5) is 5.69 Å². The van der Waals surface area contributed by atoms with E-state index in [1.165, 1.54) is 13.0 Å². The predicted octanol–water partition coefficient (Wildman–Crippen LogP) is 2.08. The molecule has 21 heteroatoms. The molecule has 0 spiro atoms. The molecule has 0 amide bonds. The lowest BCUT2D eigenvalue weighted by Crippen LogP contribution is -2.61. The van der Waals surface area contributed by atoms with E-state index in [-0.39, 0.29) is 62.6 Å². The van der Waals surface area contributed by atoms with Gasteiger partial charge in [-0.25, -0.2) is 0 Å². The smallest absolute Gasteiger partial charge is 0.311 e. The summed E-state index contributed by atoms with van der Waals surface area (Å²) in [5.41, 5.74) is 12.7. The maximum atomic E-state index is 13.3. The SMILES string of the molecule is CC1/C=C/C=C/C=C/C=C/C=C/C=C/C=C/C(O[C@H]2O[C@@H](C)[C@H](O)[C@@H](N)[C@H]2O)CC2OC(O)(CC(O)CC(O)CC(O)CC(O)CC(O)CC(O)CC(=O)OC1C(C)CCC(O)CC(=O)c1ccc(N)cc1)CC(O)C2C(=O)O. The lowest BCUT2D eigenvalue weighted by molar-refractivity contribution is -0.308. The van der Waals surface area contributed by atoms with Gasteiger partial charge < -0.3 is 91.7 Å². The molecule has 2 saturated heterocycles. The Kier molecular flexibility index (Phi) is 28.0. The van der Waals surface area contributed by atoms with Gasteiger partial charge in [0.2, 0.25) is 0 Å². The Hall–Kier alpha value is -4.79. The second-order valence-corrected chi connectivity index (χ2v) is 21.4. The Bertz CT molecular complexity index is 2240. The molecular formula is C58H86N2O19. The van der Waals surface area contributed by atoms with Crippen molar-refractivity contribution in [3.63, 3.8) is 0 Å². The van der Waals surface area contributed by atoms with E-state index < -0.39 is 147 Å². The fourth-order valence-electron chi connectivity index (χ4n) is 10.0. The second-order valence-electron chi connectivity index (χ2n) is 21.4. The number of fused-ring (bicyclic) bond motifs is 2. The molecule has 2 bridgehead atoms. The molecule has 0 aromatic heterocycles. The maximum absolute atomic E-state index is 13.3. The van der Waals surface area contributed by atoms with Gasteiger partial charge in [-0.05, 0) is 82.1 Å². The van der Waals surface area contributed by atoms with Gasteiger partial charge in [0.05, 0.1) is 85.7 Å². The molecule has 20 atom stereocenters. The third-order valence-electron chi connectivity index (χ3n) is 14.3. The normalized spacial score (nSPS) is 39.3. The van der Waals surface area contributed by atoms with Crippen LogP contribution in [0.25, 0.3) is 0 Å². The number of benzene rings is 1. The number of hydrogen-bond acceptors (Lipinski definition) is 20. The van der Waals surface area contributed by atoms with Crippen LogP contribution in [0.1, 0.15) is 108 Å². The van der Waals surface area contributed by atoms with Crippen LogP contribution >= 0.6 is 0 Å². The molecular weight excluding hydrogens is 1030 g/mol. The van der Waals surface area contributed by atoms with Crippen molar-refractivity contribution in [1.29, 1.82) is 0 Å². The number of Topliss-reactive ketones (excluding diaryl/α,β-unsaturated/α-hetero) is 1. The molecule has 21 nitrogen and oxygen atoms in total. The number of carboxylic acids is 1. The molecule has 4 rings (SSSR count). The molecule has 0 radical (unpaired) electrons. The van der Waals surface area contributed by atoms with Crippen molar-refractivity contribution >= 4 is 23.4 Å². The monoisotopic (exact) mass is 1110 g/mol. The van der Waals surface area contributed by atoms with E-state index in [0.29, 0.717) is 17.7 Å². The number of allylic oxidation sites excluding steroid dienone is 12. The molecule has 1 aromatic carbocycles. The summed E-state index contributed by atoms with van der Waals surface area (Å²) in [5.74, 6) is -7.07. The number of esters is 1. The zero-order valence-corrected chi connectivity index (χ0v) is 45.2. The number of carbonyl (C=O) groups excluding carboxylic acids is 2. The highest BCUT2D eigenvalue weighted by atomic mass is 16.7. The van der Waals surface area contributed by atoms with E-state index in [4.69, 9.17) is 30.4 Å². The van der Waals surface area contributed by atoms with Gasteiger partial charge >= 0.3 is 11.9 Å². The maximum Gasteiger partial charge on any atom is 0.311 e. The summed E-state index contributed by atoms with van der Waals surface area (Å²) in [6.45, 7) is 5.23. The number of carboxylic acid groups (broad SMARTS) is 1. The first-order chi connectivity index (χ1) is 37.3. The first-order valence-electron chi connectivity index (χ1n) is 27.1. The zero-order chi connectivity index (χ0) is 58.4. The Labute approximate surface area is 462 Å². The minimum Gasteiger partial charge on any atom is -0.481 e. The highest BCUT2D eigenvalue weighted by Gasteiger charge is 2.51. The molecule has 16 N–H and O–H groups in total. The van der Waals surface area contributed by atoms with Crippen molar-refractivity contribution in [2.45, 2.75) is 201 Å². The van der Waals surface area contributed by atoms with Gasteiger partial charge in [0.1, 0.15) is 18.1 Å². The first-order valence-corrected chi connectivity index (χ1v) is 27.1. The van der Waals surface area contributed by atoms with E-state index in [2.05, 4.69) is 0 Å². The molecule has 0 aliphatic carbocycles. The van der Waals surface area contributed by atoms with Crippen LogP contribution in [0.2, 0.25) is 0 Å². The van der Waals surface area contributed by atoms with Crippen LogP contribution in [0.3, 0.4) is 0 Å². The summed E-state index contributed by atoms with van der Waals surface area (Å²) in [4.78, 5) is 38.7. The van der Waals surface area contributed by atoms with E-state index in [9.17, 15) is 75.7 Å². The molecule has 3 aliphatic rings. The lowest BCUT2D eigenvalue weighted by atomic mass is 9.82. The third kappa shape index (κ3) is 23.3. The minimum atomic E-state index is -2.33. The van der Waals surface area contributed by atoms with Crippen LogP contribution in [0.5, 0.6) is 0 Å². The molecule has 442 valence electrons. The minimum absolute atomic E-state index is 0.120. The number of cyclic esters (lactones) is 1. The van der Waals surface area contributed by atoms with Gasteiger partial charge in [-0.15, -0.1) is 0 Å². The molecule has 3 heterocycles. The first kappa shape index (κ1) is 66.7. The van der Waals surface area contributed by atoms with E-state index in [0.717, 1.165) is 0 Å². The van der Waals surface area contributed by atoms with Gasteiger partial charge in [0.25, 0.3) is 0 Å². The molecule has 15 unspecified atom stereocenters. The number of aliphatic hydroxyl groups is 11. The number of rotatable bonds is 10. The molecule has 0 saturated carbocycles. The average molecular weight is 1120 g/mol. The van der Waals surface area contributed by atoms with Crippen molar-refractivity contribution in [3.8, 4) is 0 Å². The summed E-state index contributed by atoms with van der Waals surface area (Å²) in [7, 11) is 0. The van der Waals surface area contributed by atoms with Crippen molar-refractivity contribution < 1.29 is 94.6 Å². The van der Waals surface area contributed by atoms with Crippen LogP contribution in [0, 0.1) is 17.8 Å². The van der Waals surface area contributed by atoms with Crippen LogP contribution in [-0.4, -0.2) is 183 Å². The summed E-state index contributed by atoms with van der Waals surface area (Å²) in [6, 6.07) is 5.24. The predicted molar refractivity (Wildman–Crippen MR) is 291 cm³/mol. The number of ether oxygens (including phenoxy) is 4. The van der Waals surface area contributed by atoms with Gasteiger partial charge in [-0.1, -0.05) is 98.9 Å². The van der Waals surface area contributed by atoms with Gasteiger partial charge in [0, 0.05) is 42.9 Å². The molecule has 1 aromatic rings. The van der Waals surface area contributed by atoms with Crippen molar-refractivity contribution in [2.75, 3.05) is 5.73 Å². The number of carbonyl (C=O) groups is 3. The number of hydrogen-bond donors (Lipinski definition) is 14. The van der Waals surface area contributed by atoms with Crippen LogP contribution in [-0.2, 0) is 28.5 Å². The van der Waals surface area contributed by atoms with Crippen molar-refractivity contribution in [3.05, 3.63) is 115 Å². The standard InChI is InChI=1S/C58H86N2O19/c1-34-16-14-12-10-8-6-4-5-7-9-11-13-15-17-46(77-57-54(72)52(60)53(71)36(3)76-57)31-49-51(56(73)74)48(69)33-58(75,79-49)32-45(67)28-43(65)26-41(63)24-40(62)25-42(64)27-44(66)30-50(70)78-55(34)35(2)18-23-39(61)29-47(68)37-19-21-38(59)22-20-37/h4-17,19-22,34-36,39-46,48-49,51-55,57,61-67,69,71-72,75H,18,23-33,59-60H2,1-3H3,(H,73,74)/b5-4+,8-6+,9-7+,12-10+,13-11+,16-14+,17-15+/t34?,35?,36-,39?,40?,41?,42?,43?,44?,45?,46?,48?,49?,51?,52+,53-,54+,55?,57+,58?/m0/s1. The second kappa shape index (κ2) is 33.2. The molecule has 79 heavy (non-hydrogen) atoms. The van der Waals surface area contributed by atoms with Crippen molar-refractivity contribution in [1.82, 2.24) is 0 Å². The summed E-state index contributed by atoms with van der Waals surface area (Å²) in [6.07, 6.45) is 1.42. The summed E-state index contributed by atoms with van der Waals surface area (Å²) in [5, 5.41) is 130. The largest absolute Gasteiger partial charge is 0.481 e. The molecule has 3 aliphatic heterocycles. The Morgan fingerprint density at radius 2 is 1.20 bits per heavy atom. The number of ketones is 1. The van der Waals surface area contributed by atoms with Gasteiger partial charge in [0.15, 0.2) is 17.9 Å². The fourth-order valence-corrected chi connectivity index (χ4v) is 10.0. The Morgan fingerprint density at radius 3 is 1.75 bits per heavy atom. The van der Waals surface area contributed by atoms with E-state index >= 15 is 0 Å². The Balaban J connectivity index is 1.54. The number of aliphatic carboxylic acids is 1. The third-order valence-corrected chi connectivity index (χ3v) is 14.3. The number of nitrogens with two attached hydrogens (primary N) is 2. The topological polar surface area (TPSA) is 383 Å².